The molecule has 0 atom stereocenters. The van der Waals surface area contributed by atoms with Crippen molar-refractivity contribution >= 4 is 17.7 Å². The molecule has 3 N–H and O–H groups in total. The van der Waals surface area contributed by atoms with Crippen molar-refractivity contribution in [2.75, 3.05) is 12.9 Å². The van der Waals surface area contributed by atoms with Crippen LogP contribution in [0.2, 0.25) is 0 Å². The van der Waals surface area contributed by atoms with Crippen LogP contribution in [0.5, 0.6) is 17.2 Å². The van der Waals surface area contributed by atoms with Gasteiger partial charge in [0.1, 0.15) is 0 Å². The van der Waals surface area contributed by atoms with Crippen LogP contribution >= 0.6 is 11.8 Å². The van der Waals surface area contributed by atoms with Crippen molar-refractivity contribution in [1.29, 1.82) is 0 Å². The lowest BCUT2D eigenvalue weighted by Gasteiger charge is -2.12. The molecule has 0 spiro atoms. The number of rotatable bonds is 4. The van der Waals surface area contributed by atoms with Crippen molar-refractivity contribution in [3.05, 3.63) is 17.2 Å². The maximum Gasteiger partial charge on any atom is 0.338 e. The molecule has 0 aliphatic carbocycles. The molecule has 0 saturated carbocycles. The van der Waals surface area contributed by atoms with Crippen LogP contribution in [0.3, 0.4) is 0 Å². The summed E-state index contributed by atoms with van der Waals surface area (Å²) in [7, 11) is 0. The third-order valence-corrected chi connectivity index (χ3v) is 2.72. The molecule has 94 valence electrons. The molecule has 17 heavy (non-hydrogen) atoms. The Morgan fingerprint density at radius 3 is 2.53 bits per heavy atom. The number of hydrogen-bond acceptors (Lipinski definition) is 6. The van der Waals surface area contributed by atoms with Gasteiger partial charge in [0.25, 0.3) is 0 Å². The Kier molecular flexibility index (Phi) is 4.51. The van der Waals surface area contributed by atoms with Gasteiger partial charge in [-0.05, 0) is 19.2 Å². The first-order valence-corrected chi connectivity index (χ1v) is 6.35. The lowest BCUT2D eigenvalue weighted by molar-refractivity contribution is 0.0524. The van der Waals surface area contributed by atoms with Gasteiger partial charge in [0.15, 0.2) is 11.5 Å². The first-order valence-electron chi connectivity index (χ1n) is 4.95. The van der Waals surface area contributed by atoms with E-state index < -0.39 is 23.2 Å². The highest BCUT2D eigenvalue weighted by atomic mass is 32.2. The Morgan fingerprint density at radius 1 is 1.35 bits per heavy atom. The molecule has 1 aromatic rings. The average molecular weight is 258 g/mol. The molecular formula is C11H14O5S. The highest BCUT2D eigenvalue weighted by molar-refractivity contribution is 7.97. The van der Waals surface area contributed by atoms with Crippen LogP contribution in [0.15, 0.2) is 6.07 Å². The number of carbonyl (C=O) groups excluding carboxylic acids is 1. The summed E-state index contributed by atoms with van der Waals surface area (Å²) in [4.78, 5) is 11.6. The Hall–Kier alpha value is -1.56. The second-order valence-corrected chi connectivity index (χ2v) is 4.14. The maximum absolute atomic E-state index is 11.6. The van der Waals surface area contributed by atoms with Gasteiger partial charge in [-0.1, -0.05) is 0 Å². The van der Waals surface area contributed by atoms with Gasteiger partial charge < -0.3 is 20.1 Å². The van der Waals surface area contributed by atoms with Crippen molar-refractivity contribution in [1.82, 2.24) is 0 Å². The Labute approximate surface area is 103 Å². The van der Waals surface area contributed by atoms with Gasteiger partial charge in [0.05, 0.1) is 12.2 Å². The Balaban J connectivity index is 3.31. The van der Waals surface area contributed by atoms with Gasteiger partial charge in [-0.15, -0.1) is 0 Å². The summed E-state index contributed by atoms with van der Waals surface area (Å²) in [6.07, 6.45) is 1.79. The van der Waals surface area contributed by atoms with E-state index in [-0.39, 0.29) is 17.7 Å². The monoisotopic (exact) mass is 258 g/mol. The maximum atomic E-state index is 11.6. The molecule has 1 aromatic carbocycles. The van der Waals surface area contributed by atoms with Crippen molar-refractivity contribution in [2.45, 2.75) is 12.7 Å². The van der Waals surface area contributed by atoms with Crippen molar-refractivity contribution < 1.29 is 24.9 Å². The second-order valence-electron chi connectivity index (χ2n) is 3.27. The topological polar surface area (TPSA) is 87.0 Å². The molecule has 0 fully saturated rings. The van der Waals surface area contributed by atoms with E-state index in [0.717, 1.165) is 6.07 Å². The molecule has 0 aliphatic heterocycles. The van der Waals surface area contributed by atoms with Crippen LogP contribution in [-0.4, -0.2) is 34.2 Å². The second kappa shape index (κ2) is 5.67. The summed E-state index contributed by atoms with van der Waals surface area (Å²) in [6.45, 7) is 1.85. The van der Waals surface area contributed by atoms with Crippen LogP contribution in [0.1, 0.15) is 22.8 Å². The molecule has 1 rings (SSSR count). The Morgan fingerprint density at radius 2 is 2.00 bits per heavy atom. The lowest BCUT2D eigenvalue weighted by atomic mass is 10.1. The summed E-state index contributed by atoms with van der Waals surface area (Å²) in [5.41, 5.74) is 0.320. The summed E-state index contributed by atoms with van der Waals surface area (Å²) in [5, 5.41) is 28.4. The highest BCUT2D eigenvalue weighted by Crippen LogP contribution is 2.41. The van der Waals surface area contributed by atoms with Crippen molar-refractivity contribution in [2.24, 2.45) is 0 Å². The number of benzene rings is 1. The van der Waals surface area contributed by atoms with Crippen molar-refractivity contribution in [3.8, 4) is 17.2 Å². The van der Waals surface area contributed by atoms with Gasteiger partial charge in [0, 0.05) is 11.3 Å². The molecule has 5 nitrogen and oxygen atoms in total. The number of phenolic OH excluding ortho intramolecular Hbond substituents is 3. The van der Waals surface area contributed by atoms with E-state index in [2.05, 4.69) is 0 Å². The molecule has 0 aromatic heterocycles. The Bertz CT molecular complexity index is 430. The van der Waals surface area contributed by atoms with E-state index in [1.807, 2.05) is 0 Å². The predicted molar refractivity (Wildman–Crippen MR) is 64.6 cm³/mol. The summed E-state index contributed by atoms with van der Waals surface area (Å²) in [6, 6.07) is 1.10. The smallest absolute Gasteiger partial charge is 0.338 e. The van der Waals surface area contributed by atoms with Gasteiger partial charge >= 0.3 is 5.97 Å². The van der Waals surface area contributed by atoms with E-state index >= 15 is 0 Å². The first kappa shape index (κ1) is 13.5. The minimum absolute atomic E-state index is 0.0639. The minimum atomic E-state index is -0.637. The van der Waals surface area contributed by atoms with Gasteiger partial charge in [-0.3, -0.25) is 0 Å². The molecule has 0 amide bonds. The average Bonchev–Trinajstić information content (AvgIpc) is 2.30. The van der Waals surface area contributed by atoms with E-state index in [9.17, 15) is 20.1 Å². The van der Waals surface area contributed by atoms with Gasteiger partial charge in [0.2, 0.25) is 5.75 Å². The van der Waals surface area contributed by atoms with Gasteiger partial charge in [-0.25, -0.2) is 4.79 Å². The van der Waals surface area contributed by atoms with Crippen LogP contribution in [0, 0.1) is 0 Å². The van der Waals surface area contributed by atoms with Crippen LogP contribution < -0.4 is 0 Å². The summed E-state index contributed by atoms with van der Waals surface area (Å²) < 4.78 is 4.81. The molecule has 0 aliphatic rings. The SMILES string of the molecule is CCOC(=O)c1cc(O)c(O)c(O)c1CSC. The normalized spacial score (nSPS) is 10.2. The quantitative estimate of drug-likeness (QED) is 0.564. The fraction of sp³-hybridized carbons (Fsp3) is 0.364. The number of aromatic hydroxyl groups is 3. The number of thioether (sulfide) groups is 1. The van der Waals surface area contributed by atoms with Crippen LogP contribution in [-0.2, 0) is 10.5 Å². The fourth-order valence-electron chi connectivity index (χ4n) is 1.37. The largest absolute Gasteiger partial charge is 0.504 e. The zero-order chi connectivity index (χ0) is 13.0. The third-order valence-electron chi connectivity index (χ3n) is 2.14. The molecule has 6 heteroatoms. The van der Waals surface area contributed by atoms with Crippen LogP contribution in [0.25, 0.3) is 0 Å². The standard InChI is InChI=1S/C11H14O5S/c1-3-16-11(15)6-4-8(12)10(14)9(13)7(6)5-17-2/h4,12-14H,3,5H2,1-2H3. The number of carbonyl (C=O) groups is 1. The molecular weight excluding hydrogens is 244 g/mol. The molecule has 0 bridgehead atoms. The minimum Gasteiger partial charge on any atom is -0.504 e. The number of hydrogen-bond donors (Lipinski definition) is 3. The summed E-state index contributed by atoms with van der Waals surface area (Å²) in [5.74, 6) is -1.96. The predicted octanol–water partition coefficient (Wildman–Crippen LogP) is 1.84. The molecule has 0 radical (unpaired) electrons. The molecule has 0 heterocycles. The zero-order valence-electron chi connectivity index (χ0n) is 9.56. The first-order chi connectivity index (χ1) is 8.02. The lowest BCUT2D eigenvalue weighted by Crippen LogP contribution is -2.08. The van der Waals surface area contributed by atoms with E-state index in [1.54, 1.807) is 13.2 Å². The molecule has 0 saturated heterocycles. The fourth-order valence-corrected chi connectivity index (χ4v) is 1.95. The number of ether oxygens (including phenoxy) is 1. The number of esters is 1. The third kappa shape index (κ3) is 2.76. The van der Waals surface area contributed by atoms with Crippen LogP contribution in [0.4, 0.5) is 0 Å². The van der Waals surface area contributed by atoms with Gasteiger partial charge in [-0.2, -0.15) is 11.8 Å². The van der Waals surface area contributed by atoms with E-state index in [4.69, 9.17) is 4.74 Å². The molecule has 0 unspecified atom stereocenters. The number of phenols is 3. The summed E-state index contributed by atoms with van der Waals surface area (Å²) >= 11 is 1.37. The van der Waals surface area contributed by atoms with E-state index in [0.29, 0.717) is 5.75 Å². The van der Waals surface area contributed by atoms with Crippen molar-refractivity contribution in [3.63, 3.8) is 0 Å². The zero-order valence-corrected chi connectivity index (χ0v) is 10.4. The van der Waals surface area contributed by atoms with E-state index in [1.165, 1.54) is 11.8 Å². The highest BCUT2D eigenvalue weighted by Gasteiger charge is 2.21.